The lowest BCUT2D eigenvalue weighted by atomic mass is 10.1. The Balaban J connectivity index is 1.82. The van der Waals surface area contributed by atoms with Crippen molar-refractivity contribution in [2.45, 2.75) is 12.8 Å². The van der Waals surface area contributed by atoms with Crippen LogP contribution in [0.2, 0.25) is 0 Å². The van der Waals surface area contributed by atoms with Gasteiger partial charge in [-0.15, -0.1) is 0 Å². The summed E-state index contributed by atoms with van der Waals surface area (Å²) in [7, 11) is 0. The van der Waals surface area contributed by atoms with Gasteiger partial charge in [0.15, 0.2) is 5.82 Å². The molecule has 0 bridgehead atoms. The summed E-state index contributed by atoms with van der Waals surface area (Å²) in [6, 6.07) is 10.8. The van der Waals surface area contributed by atoms with Gasteiger partial charge in [0.1, 0.15) is 5.56 Å². The van der Waals surface area contributed by atoms with E-state index in [0.29, 0.717) is 6.42 Å². The Kier molecular flexibility index (Phi) is 4.76. The van der Waals surface area contributed by atoms with E-state index >= 15 is 0 Å². The number of ether oxygens (including phenoxy) is 1. The van der Waals surface area contributed by atoms with E-state index in [-0.39, 0.29) is 6.61 Å². The number of carbonyl (C=O) groups is 1. The first kappa shape index (κ1) is 14.1. The summed E-state index contributed by atoms with van der Waals surface area (Å²) in [6.07, 6.45) is 2.39. The Bertz CT molecular complexity index is 588. The molecule has 0 aliphatic rings. The van der Waals surface area contributed by atoms with Crippen molar-refractivity contribution in [3.63, 3.8) is 0 Å². The van der Waals surface area contributed by atoms with Crippen LogP contribution in [-0.2, 0) is 11.2 Å². The molecule has 0 N–H and O–H groups in total. The minimum absolute atomic E-state index is 0.150. The van der Waals surface area contributed by atoms with E-state index in [4.69, 9.17) is 4.74 Å². The number of hydrogen-bond acceptors (Lipinski definition) is 3. The molecule has 0 saturated carbocycles. The normalized spacial score (nSPS) is 10.3. The smallest absolute Gasteiger partial charge is 0.341 e. The molecule has 1 aromatic heterocycles. The third kappa shape index (κ3) is 3.60. The molecule has 0 amide bonds. The first-order valence-electron chi connectivity index (χ1n) is 6.19. The van der Waals surface area contributed by atoms with Gasteiger partial charge >= 0.3 is 5.97 Å². The highest BCUT2D eigenvalue weighted by Crippen LogP contribution is 2.11. The summed E-state index contributed by atoms with van der Waals surface area (Å²) in [5.41, 5.74) is 0.696. The van der Waals surface area contributed by atoms with Crippen LogP contribution in [0, 0.1) is 11.8 Å². The van der Waals surface area contributed by atoms with E-state index < -0.39 is 23.3 Å². The molecule has 3 nitrogen and oxygen atoms in total. The van der Waals surface area contributed by atoms with Gasteiger partial charge in [0.25, 0.3) is 0 Å². The summed E-state index contributed by atoms with van der Waals surface area (Å²) in [6.45, 7) is 0.150. The molecule has 0 aliphatic heterocycles. The molecule has 1 heterocycles. The van der Waals surface area contributed by atoms with Gasteiger partial charge in [0.2, 0.25) is 5.95 Å². The second-order valence-electron chi connectivity index (χ2n) is 4.19. The summed E-state index contributed by atoms with van der Waals surface area (Å²) in [5, 5.41) is 0. The fraction of sp³-hybridized carbons (Fsp3) is 0.200. The molecular formula is C15H13F2NO2. The number of esters is 1. The summed E-state index contributed by atoms with van der Waals surface area (Å²) < 4.78 is 31.1. The van der Waals surface area contributed by atoms with Crippen LogP contribution in [0.25, 0.3) is 0 Å². The predicted octanol–water partition coefficient (Wildman–Crippen LogP) is 3.15. The lowest BCUT2D eigenvalue weighted by molar-refractivity contribution is 0.0493. The fourth-order valence-corrected chi connectivity index (χ4v) is 1.74. The molecule has 2 rings (SSSR count). The Hall–Kier alpha value is -2.30. The molecule has 0 fully saturated rings. The number of benzene rings is 1. The number of halogens is 2. The zero-order valence-electron chi connectivity index (χ0n) is 10.7. The summed E-state index contributed by atoms with van der Waals surface area (Å²) in [4.78, 5) is 14.7. The molecule has 5 heteroatoms. The van der Waals surface area contributed by atoms with Crippen LogP contribution < -0.4 is 0 Å². The minimum Gasteiger partial charge on any atom is -0.462 e. The van der Waals surface area contributed by atoms with Gasteiger partial charge in [0.05, 0.1) is 6.61 Å². The topological polar surface area (TPSA) is 39.2 Å². The van der Waals surface area contributed by atoms with E-state index in [1.165, 1.54) is 0 Å². The van der Waals surface area contributed by atoms with Crippen molar-refractivity contribution in [3.05, 3.63) is 65.5 Å². The number of pyridine rings is 1. The molecule has 0 aliphatic carbocycles. The van der Waals surface area contributed by atoms with E-state index in [2.05, 4.69) is 4.98 Å². The van der Waals surface area contributed by atoms with Crippen LogP contribution in [0.1, 0.15) is 22.3 Å². The van der Waals surface area contributed by atoms with Gasteiger partial charge in [-0.3, -0.25) is 0 Å². The Morgan fingerprint density at radius 2 is 1.90 bits per heavy atom. The van der Waals surface area contributed by atoms with Crippen LogP contribution in [0.3, 0.4) is 0 Å². The highest BCUT2D eigenvalue weighted by atomic mass is 19.2. The Morgan fingerprint density at radius 1 is 1.15 bits per heavy atom. The van der Waals surface area contributed by atoms with Crippen molar-refractivity contribution in [1.29, 1.82) is 0 Å². The highest BCUT2D eigenvalue weighted by Gasteiger charge is 2.17. The maximum atomic E-state index is 13.3. The molecule has 0 radical (unpaired) electrons. The fourth-order valence-electron chi connectivity index (χ4n) is 1.74. The standard InChI is InChI=1S/C15H13F2NO2/c16-13-12(8-9-18-14(13)17)15(19)20-10-4-7-11-5-2-1-3-6-11/h1-3,5-6,8-9H,4,7,10H2. The largest absolute Gasteiger partial charge is 0.462 e. The maximum absolute atomic E-state index is 13.3. The molecule has 2 aromatic rings. The third-order valence-electron chi connectivity index (χ3n) is 2.75. The van der Waals surface area contributed by atoms with Crippen molar-refractivity contribution in [1.82, 2.24) is 4.98 Å². The molecule has 0 saturated heterocycles. The zero-order chi connectivity index (χ0) is 14.4. The monoisotopic (exact) mass is 277 g/mol. The summed E-state index contributed by atoms with van der Waals surface area (Å²) >= 11 is 0. The Morgan fingerprint density at radius 3 is 2.65 bits per heavy atom. The molecule has 20 heavy (non-hydrogen) atoms. The van der Waals surface area contributed by atoms with Gasteiger partial charge in [0, 0.05) is 6.20 Å². The molecular weight excluding hydrogens is 264 g/mol. The lowest BCUT2D eigenvalue weighted by Crippen LogP contribution is -2.10. The lowest BCUT2D eigenvalue weighted by Gasteiger charge is -2.05. The van der Waals surface area contributed by atoms with Crippen molar-refractivity contribution in [2.24, 2.45) is 0 Å². The van der Waals surface area contributed by atoms with Crippen molar-refractivity contribution in [2.75, 3.05) is 6.61 Å². The van der Waals surface area contributed by atoms with Crippen LogP contribution in [0.4, 0.5) is 8.78 Å². The molecule has 1 aromatic carbocycles. The first-order valence-corrected chi connectivity index (χ1v) is 6.19. The van der Waals surface area contributed by atoms with Crippen molar-refractivity contribution in [3.8, 4) is 0 Å². The average molecular weight is 277 g/mol. The quantitative estimate of drug-likeness (QED) is 0.479. The molecule has 104 valence electrons. The Labute approximate surface area is 115 Å². The number of carbonyl (C=O) groups excluding carboxylic acids is 1. The molecule has 0 unspecified atom stereocenters. The average Bonchev–Trinajstić information content (AvgIpc) is 2.47. The van der Waals surface area contributed by atoms with Crippen molar-refractivity contribution >= 4 is 5.97 Å². The van der Waals surface area contributed by atoms with E-state index in [1.807, 2.05) is 30.3 Å². The van der Waals surface area contributed by atoms with Crippen LogP contribution >= 0.6 is 0 Å². The van der Waals surface area contributed by atoms with E-state index in [0.717, 1.165) is 24.2 Å². The number of hydrogen-bond donors (Lipinski definition) is 0. The van der Waals surface area contributed by atoms with Crippen molar-refractivity contribution < 1.29 is 18.3 Å². The SMILES string of the molecule is O=C(OCCCc1ccccc1)c1ccnc(F)c1F. The third-order valence-corrected chi connectivity index (χ3v) is 2.75. The van der Waals surface area contributed by atoms with Crippen LogP contribution in [0.15, 0.2) is 42.6 Å². The zero-order valence-corrected chi connectivity index (χ0v) is 10.7. The van der Waals surface area contributed by atoms with Gasteiger partial charge < -0.3 is 4.74 Å². The van der Waals surface area contributed by atoms with E-state index in [9.17, 15) is 13.6 Å². The van der Waals surface area contributed by atoms with Crippen LogP contribution in [0.5, 0.6) is 0 Å². The van der Waals surface area contributed by atoms with Gasteiger partial charge in [-0.1, -0.05) is 30.3 Å². The maximum Gasteiger partial charge on any atom is 0.341 e. The molecule has 0 spiro atoms. The second-order valence-corrected chi connectivity index (χ2v) is 4.19. The summed E-state index contributed by atoms with van der Waals surface area (Å²) in [5.74, 6) is -3.46. The second kappa shape index (κ2) is 6.75. The van der Waals surface area contributed by atoms with Gasteiger partial charge in [-0.2, -0.15) is 4.39 Å². The predicted molar refractivity (Wildman–Crippen MR) is 69.2 cm³/mol. The minimum atomic E-state index is -1.30. The number of rotatable bonds is 5. The number of aryl methyl sites for hydroxylation is 1. The molecule has 0 atom stereocenters. The van der Waals surface area contributed by atoms with Gasteiger partial charge in [-0.05, 0) is 24.5 Å². The van der Waals surface area contributed by atoms with Crippen LogP contribution in [-0.4, -0.2) is 17.6 Å². The van der Waals surface area contributed by atoms with E-state index in [1.54, 1.807) is 0 Å². The number of nitrogens with zero attached hydrogens (tertiary/aromatic N) is 1. The number of aromatic nitrogens is 1. The van der Waals surface area contributed by atoms with Gasteiger partial charge in [-0.25, -0.2) is 14.2 Å². The first-order chi connectivity index (χ1) is 9.68. The highest BCUT2D eigenvalue weighted by molar-refractivity contribution is 5.89.